The Hall–Kier alpha value is -0.180. The molecular formula is C6H11BrN2. The maximum atomic E-state index is 3.39. The number of alkyl halides is 1. The van der Waals surface area contributed by atoms with Gasteiger partial charge in [0.25, 0.3) is 0 Å². The van der Waals surface area contributed by atoms with Gasteiger partial charge in [0.1, 0.15) is 0 Å². The third kappa shape index (κ3) is 1.90. The third-order valence-corrected chi connectivity index (χ3v) is 1.66. The van der Waals surface area contributed by atoms with Gasteiger partial charge in [-0.1, -0.05) is 15.9 Å². The lowest BCUT2D eigenvalue weighted by Crippen LogP contribution is -2.23. The topological polar surface area (TPSA) is 6.48 Å². The molecule has 0 amide bonds. The van der Waals surface area contributed by atoms with Gasteiger partial charge < -0.3 is 9.80 Å². The summed E-state index contributed by atoms with van der Waals surface area (Å²) in [6, 6.07) is 0. The van der Waals surface area contributed by atoms with E-state index in [0.29, 0.717) is 0 Å². The molecule has 0 bridgehead atoms. The van der Waals surface area contributed by atoms with Crippen molar-refractivity contribution in [3.8, 4) is 0 Å². The minimum Gasteiger partial charge on any atom is -0.362 e. The van der Waals surface area contributed by atoms with Crippen LogP contribution >= 0.6 is 15.9 Å². The summed E-state index contributed by atoms with van der Waals surface area (Å²) >= 11 is 3.39. The van der Waals surface area contributed by atoms with Crippen LogP contribution in [0, 0.1) is 0 Å². The molecule has 0 fully saturated rings. The van der Waals surface area contributed by atoms with E-state index < -0.39 is 0 Å². The normalized spacial score (nSPS) is 17.6. The van der Waals surface area contributed by atoms with Crippen molar-refractivity contribution in [2.75, 3.05) is 25.6 Å². The molecule has 0 spiro atoms. The van der Waals surface area contributed by atoms with E-state index >= 15 is 0 Å². The Morgan fingerprint density at radius 3 is 2.78 bits per heavy atom. The molecule has 0 N–H and O–H groups in total. The molecule has 9 heavy (non-hydrogen) atoms. The van der Waals surface area contributed by atoms with E-state index in [-0.39, 0.29) is 0 Å². The van der Waals surface area contributed by atoms with Crippen molar-refractivity contribution in [2.24, 2.45) is 0 Å². The highest BCUT2D eigenvalue weighted by atomic mass is 79.9. The molecule has 1 aliphatic rings. The predicted octanol–water partition coefficient (Wildman–Crippen LogP) is 1.06. The van der Waals surface area contributed by atoms with E-state index in [1.807, 2.05) is 0 Å². The molecular weight excluding hydrogens is 180 g/mol. The highest BCUT2D eigenvalue weighted by molar-refractivity contribution is 9.09. The van der Waals surface area contributed by atoms with Crippen molar-refractivity contribution >= 4 is 15.9 Å². The van der Waals surface area contributed by atoms with Gasteiger partial charge in [-0.05, 0) is 0 Å². The van der Waals surface area contributed by atoms with Crippen LogP contribution < -0.4 is 0 Å². The zero-order valence-corrected chi connectivity index (χ0v) is 7.13. The summed E-state index contributed by atoms with van der Waals surface area (Å²) in [5.41, 5.74) is 0. The summed E-state index contributed by atoms with van der Waals surface area (Å²) in [4.78, 5) is 4.41. The average molecular weight is 191 g/mol. The van der Waals surface area contributed by atoms with E-state index in [4.69, 9.17) is 0 Å². The van der Waals surface area contributed by atoms with Crippen LogP contribution in [0.25, 0.3) is 0 Å². The van der Waals surface area contributed by atoms with Crippen LogP contribution in [0.1, 0.15) is 0 Å². The molecule has 0 aromatic carbocycles. The Kier molecular flexibility index (Phi) is 2.39. The fraction of sp³-hybridized carbons (Fsp3) is 0.667. The minimum absolute atomic E-state index is 1.03. The molecule has 0 saturated carbocycles. The second-order valence-electron chi connectivity index (χ2n) is 2.20. The first kappa shape index (κ1) is 6.93. The van der Waals surface area contributed by atoms with Crippen molar-refractivity contribution < 1.29 is 0 Å². The standard InChI is InChI=1S/C6H11BrN2/c1-8-4-5-9(6-8)3-2-7/h4-5H,2-3,6H2,1H3. The Morgan fingerprint density at radius 1 is 1.56 bits per heavy atom. The highest BCUT2D eigenvalue weighted by Gasteiger charge is 2.05. The van der Waals surface area contributed by atoms with Crippen LogP contribution in [0.3, 0.4) is 0 Å². The van der Waals surface area contributed by atoms with Crippen LogP contribution in [0.15, 0.2) is 12.4 Å². The molecule has 0 aliphatic carbocycles. The molecule has 52 valence electrons. The number of rotatable bonds is 2. The van der Waals surface area contributed by atoms with Gasteiger partial charge in [-0.3, -0.25) is 0 Å². The lowest BCUT2D eigenvalue weighted by molar-refractivity contribution is 0.310. The maximum Gasteiger partial charge on any atom is 0.0891 e. The van der Waals surface area contributed by atoms with Crippen molar-refractivity contribution in [3.05, 3.63) is 12.4 Å². The molecule has 0 unspecified atom stereocenters. The Labute approximate surface area is 64.3 Å². The van der Waals surface area contributed by atoms with Gasteiger partial charge in [0, 0.05) is 31.3 Å². The first-order valence-corrected chi connectivity index (χ1v) is 4.13. The zero-order chi connectivity index (χ0) is 6.69. The molecule has 1 rings (SSSR count). The number of hydrogen-bond acceptors (Lipinski definition) is 2. The van der Waals surface area contributed by atoms with E-state index in [1.165, 1.54) is 0 Å². The molecule has 0 aromatic heterocycles. The van der Waals surface area contributed by atoms with Crippen molar-refractivity contribution in [3.63, 3.8) is 0 Å². The largest absolute Gasteiger partial charge is 0.362 e. The molecule has 0 radical (unpaired) electrons. The Balaban J connectivity index is 2.24. The van der Waals surface area contributed by atoms with Crippen molar-refractivity contribution in [1.29, 1.82) is 0 Å². The smallest absolute Gasteiger partial charge is 0.0891 e. The zero-order valence-electron chi connectivity index (χ0n) is 5.55. The van der Waals surface area contributed by atoms with Gasteiger partial charge in [0.05, 0.1) is 6.67 Å². The van der Waals surface area contributed by atoms with Gasteiger partial charge in [0.15, 0.2) is 0 Å². The minimum atomic E-state index is 1.03. The van der Waals surface area contributed by atoms with Gasteiger partial charge in [-0.25, -0.2) is 0 Å². The van der Waals surface area contributed by atoms with E-state index in [1.54, 1.807) is 0 Å². The SMILES string of the molecule is CN1C=CN(CCBr)C1. The van der Waals surface area contributed by atoms with Crippen LogP contribution in [-0.4, -0.2) is 35.4 Å². The molecule has 0 saturated heterocycles. The number of halogens is 1. The Bertz CT molecular complexity index is 114. The lowest BCUT2D eigenvalue weighted by atomic mass is 10.6. The monoisotopic (exact) mass is 190 g/mol. The molecule has 1 heterocycles. The fourth-order valence-electron chi connectivity index (χ4n) is 0.843. The first-order valence-electron chi connectivity index (χ1n) is 3.01. The molecule has 3 heteroatoms. The Morgan fingerprint density at radius 2 is 2.33 bits per heavy atom. The molecule has 0 atom stereocenters. The van der Waals surface area contributed by atoms with Crippen molar-refractivity contribution in [2.45, 2.75) is 0 Å². The molecule has 2 nitrogen and oxygen atoms in total. The van der Waals surface area contributed by atoms with Crippen LogP contribution in [0.4, 0.5) is 0 Å². The average Bonchev–Trinajstić information content (AvgIpc) is 2.17. The summed E-state index contributed by atoms with van der Waals surface area (Å²) in [5.74, 6) is 0. The van der Waals surface area contributed by atoms with Gasteiger partial charge in [0.2, 0.25) is 0 Å². The van der Waals surface area contributed by atoms with Crippen LogP contribution in [0.5, 0.6) is 0 Å². The van der Waals surface area contributed by atoms with Crippen LogP contribution in [0.2, 0.25) is 0 Å². The predicted molar refractivity (Wildman–Crippen MR) is 42.3 cm³/mol. The summed E-state index contributed by atoms with van der Waals surface area (Å²) in [5, 5.41) is 1.05. The number of nitrogens with zero attached hydrogens (tertiary/aromatic N) is 2. The second kappa shape index (κ2) is 3.11. The third-order valence-electron chi connectivity index (χ3n) is 1.31. The maximum absolute atomic E-state index is 3.39. The lowest BCUT2D eigenvalue weighted by Gasteiger charge is -2.15. The molecule has 0 aromatic rings. The van der Waals surface area contributed by atoms with Gasteiger partial charge in [-0.15, -0.1) is 0 Å². The fourth-order valence-corrected chi connectivity index (χ4v) is 1.30. The van der Waals surface area contributed by atoms with E-state index in [0.717, 1.165) is 18.5 Å². The van der Waals surface area contributed by atoms with Gasteiger partial charge >= 0.3 is 0 Å². The summed E-state index contributed by atoms with van der Waals surface area (Å²) in [7, 11) is 2.07. The van der Waals surface area contributed by atoms with Gasteiger partial charge in [-0.2, -0.15) is 0 Å². The quantitative estimate of drug-likeness (QED) is 0.602. The summed E-state index contributed by atoms with van der Waals surface area (Å²) in [6.45, 7) is 2.13. The summed E-state index contributed by atoms with van der Waals surface area (Å²) < 4.78 is 0. The first-order chi connectivity index (χ1) is 4.33. The summed E-state index contributed by atoms with van der Waals surface area (Å²) in [6.07, 6.45) is 4.20. The highest BCUT2D eigenvalue weighted by Crippen LogP contribution is 2.02. The van der Waals surface area contributed by atoms with Crippen molar-refractivity contribution in [1.82, 2.24) is 9.80 Å². The van der Waals surface area contributed by atoms with Crippen LogP contribution in [-0.2, 0) is 0 Å². The van der Waals surface area contributed by atoms with E-state index in [9.17, 15) is 0 Å². The molecule has 1 aliphatic heterocycles. The van der Waals surface area contributed by atoms with E-state index in [2.05, 4.69) is 45.2 Å². The second-order valence-corrected chi connectivity index (χ2v) is 2.99. The number of hydrogen-bond donors (Lipinski definition) is 0.